The lowest BCUT2D eigenvalue weighted by atomic mass is 10.0. The first kappa shape index (κ1) is 34.4. The molecule has 0 amide bonds. The van der Waals surface area contributed by atoms with Crippen LogP contribution in [-0.2, 0) is 57.2 Å². The Kier molecular flexibility index (Phi) is 13.1. The van der Waals surface area contributed by atoms with Crippen molar-refractivity contribution < 1.29 is 50.4 Å². The number of nitrogens with zero attached hydrogens (tertiary/aromatic N) is 2. The molecule has 3 atom stereocenters. The van der Waals surface area contributed by atoms with Crippen molar-refractivity contribution >= 4 is 87.1 Å². The number of hydrogen-bond donors (Lipinski definition) is 4. The summed E-state index contributed by atoms with van der Waals surface area (Å²) in [5.41, 5.74) is 14.0. The molecule has 0 saturated heterocycles. The minimum Gasteiger partial charge on any atom is -0.375 e. The highest BCUT2D eigenvalue weighted by Gasteiger charge is 2.42. The quantitative estimate of drug-likeness (QED) is 0.0577. The smallest absolute Gasteiger partial charge is 0.265 e. The van der Waals surface area contributed by atoms with E-state index in [2.05, 4.69) is 49.7 Å². The van der Waals surface area contributed by atoms with Crippen molar-refractivity contribution in [3.63, 3.8) is 0 Å². The van der Waals surface area contributed by atoms with Gasteiger partial charge in [-0.25, -0.2) is 0 Å². The summed E-state index contributed by atoms with van der Waals surface area (Å²) in [6.07, 6.45) is -3.80. The number of nitrogens with one attached hydrogen (secondary N) is 2. The van der Waals surface area contributed by atoms with Gasteiger partial charge in [0.25, 0.3) is 40.5 Å². The van der Waals surface area contributed by atoms with Gasteiger partial charge in [0.1, 0.15) is 17.9 Å². The first-order chi connectivity index (χ1) is 16.0. The summed E-state index contributed by atoms with van der Waals surface area (Å²) in [4.78, 5) is 0. The van der Waals surface area contributed by atoms with Crippen molar-refractivity contribution in [3.05, 3.63) is 0 Å². The van der Waals surface area contributed by atoms with Crippen molar-refractivity contribution in [1.29, 1.82) is 0 Å². The van der Waals surface area contributed by atoms with Crippen LogP contribution in [0.15, 0.2) is 10.2 Å². The van der Waals surface area contributed by atoms with Crippen LogP contribution in [0.4, 0.5) is 0 Å². The van der Waals surface area contributed by atoms with Gasteiger partial charge in [0.2, 0.25) is 0 Å². The fourth-order valence-electron chi connectivity index (χ4n) is 2.01. The van der Waals surface area contributed by atoms with E-state index >= 15 is 0 Å². The fraction of sp³-hybridized carbons (Fsp3) is 0.667. The molecule has 210 valence electrons. The van der Waals surface area contributed by atoms with E-state index in [1.165, 1.54) is 0 Å². The second-order valence-electron chi connectivity index (χ2n) is 6.56. The molecule has 0 bridgehead atoms. The molecule has 0 heterocycles. The maximum atomic E-state index is 12.0. The van der Waals surface area contributed by atoms with E-state index in [1.54, 1.807) is 0 Å². The van der Waals surface area contributed by atoms with Gasteiger partial charge >= 0.3 is 0 Å². The molecular formula is C12H24N6O12S6. The molecule has 0 aromatic heterocycles. The van der Waals surface area contributed by atoms with Crippen LogP contribution in [-0.4, -0.2) is 106 Å². The first-order valence-corrected chi connectivity index (χ1v) is 16.8. The Labute approximate surface area is 219 Å². The third-order valence-electron chi connectivity index (χ3n) is 2.93. The van der Waals surface area contributed by atoms with Gasteiger partial charge in [-0.2, -0.15) is 43.9 Å². The molecule has 0 unspecified atom stereocenters. The van der Waals surface area contributed by atoms with Gasteiger partial charge in [-0.1, -0.05) is 0 Å². The molecule has 0 spiro atoms. The molecule has 36 heavy (non-hydrogen) atoms. The van der Waals surface area contributed by atoms with Gasteiger partial charge in [0, 0.05) is 0 Å². The minimum atomic E-state index is -4.56. The van der Waals surface area contributed by atoms with Crippen molar-refractivity contribution in [3.8, 4) is 0 Å². The zero-order chi connectivity index (χ0) is 28.5. The molecule has 0 aliphatic rings. The maximum absolute atomic E-state index is 12.0. The number of rotatable bonds is 15. The minimum absolute atomic E-state index is 0.364. The molecular weight excluding hydrogens is 613 g/mol. The zero-order valence-electron chi connectivity index (χ0n) is 18.9. The number of thiocarbonyl (C=S) groups is 2. The Bertz CT molecular complexity index is 1290. The van der Waals surface area contributed by atoms with Crippen molar-refractivity contribution in [2.24, 2.45) is 21.7 Å². The van der Waals surface area contributed by atoms with Gasteiger partial charge in [-0.05, 0) is 24.4 Å². The monoisotopic (exact) mass is 636 g/mol. The van der Waals surface area contributed by atoms with Crippen LogP contribution in [0, 0.1) is 0 Å². The highest BCUT2D eigenvalue weighted by molar-refractivity contribution is 7.86. The van der Waals surface area contributed by atoms with Crippen molar-refractivity contribution in [2.75, 3.05) is 31.6 Å². The summed E-state index contributed by atoms with van der Waals surface area (Å²) in [7, 11) is -17.8. The predicted molar refractivity (Wildman–Crippen MR) is 136 cm³/mol. The number of hydrazone groups is 2. The van der Waals surface area contributed by atoms with E-state index in [0.717, 1.165) is 0 Å². The number of nitrogens with two attached hydrogens (primary N) is 2. The summed E-state index contributed by atoms with van der Waals surface area (Å²) in [6.45, 7) is -1.19. The third-order valence-corrected chi connectivity index (χ3v) is 5.40. The summed E-state index contributed by atoms with van der Waals surface area (Å²) in [5, 5.41) is 6.35. The highest BCUT2D eigenvalue weighted by atomic mass is 32.2. The Morgan fingerprint density at radius 3 is 1.67 bits per heavy atom. The van der Waals surface area contributed by atoms with Crippen LogP contribution in [0.25, 0.3) is 0 Å². The van der Waals surface area contributed by atoms with E-state index in [9.17, 15) is 33.7 Å². The molecule has 0 saturated carbocycles. The maximum Gasteiger partial charge on any atom is 0.265 e. The Hall–Kier alpha value is -1.64. The van der Waals surface area contributed by atoms with E-state index < -0.39 is 76.2 Å². The molecule has 0 aliphatic heterocycles. The van der Waals surface area contributed by atoms with Crippen LogP contribution < -0.4 is 22.3 Å². The lowest BCUT2D eigenvalue weighted by molar-refractivity contribution is -0.00683. The standard InChI is InChI=1S/C12H24N6O12S6/c1-33(19,20)27-6-8(28-34(2,21)22)10(30-36(4,25)26)9(29-35(3,23)24)7(16-18-12(14)32)5-15-17-11(13)31/h5,8-10H,6H2,1-4H3,(H3,13,17,31)(H3,14,18,32)/t8-,9+,10-/m0/s1. The van der Waals surface area contributed by atoms with Gasteiger partial charge in [0.15, 0.2) is 16.3 Å². The zero-order valence-corrected chi connectivity index (χ0v) is 23.8. The molecule has 6 N–H and O–H groups in total. The van der Waals surface area contributed by atoms with Gasteiger partial charge in [0.05, 0.1) is 37.8 Å². The normalized spacial score (nSPS) is 16.3. The second-order valence-corrected chi connectivity index (χ2v) is 13.9. The summed E-state index contributed by atoms with van der Waals surface area (Å²) in [5.74, 6) is 0. The lowest BCUT2D eigenvalue weighted by Gasteiger charge is -2.30. The van der Waals surface area contributed by atoms with Crippen molar-refractivity contribution in [1.82, 2.24) is 10.9 Å². The molecule has 0 fully saturated rings. The lowest BCUT2D eigenvalue weighted by Crippen LogP contribution is -2.51. The summed E-state index contributed by atoms with van der Waals surface area (Å²) in [6, 6.07) is 0. The highest BCUT2D eigenvalue weighted by Crippen LogP contribution is 2.20. The van der Waals surface area contributed by atoms with Gasteiger partial charge < -0.3 is 11.5 Å². The van der Waals surface area contributed by atoms with Crippen molar-refractivity contribution in [2.45, 2.75) is 18.3 Å². The Morgan fingerprint density at radius 2 is 1.28 bits per heavy atom. The summed E-state index contributed by atoms with van der Waals surface area (Å²) >= 11 is 9.17. The third kappa shape index (κ3) is 17.7. The average molecular weight is 637 g/mol. The van der Waals surface area contributed by atoms with Crippen LogP contribution >= 0.6 is 24.4 Å². The van der Waals surface area contributed by atoms with E-state index in [4.69, 9.17) is 24.0 Å². The molecule has 0 aromatic rings. The molecule has 0 aromatic carbocycles. The van der Waals surface area contributed by atoms with Crippen LogP contribution in [0.2, 0.25) is 0 Å². The van der Waals surface area contributed by atoms with Gasteiger partial charge in [-0.15, -0.1) is 0 Å². The second kappa shape index (κ2) is 13.8. The largest absolute Gasteiger partial charge is 0.375 e. The van der Waals surface area contributed by atoms with Gasteiger partial charge in [-0.3, -0.25) is 27.6 Å². The Morgan fingerprint density at radius 1 is 0.806 bits per heavy atom. The van der Waals surface area contributed by atoms with Crippen LogP contribution in [0.5, 0.6) is 0 Å². The fourth-order valence-corrected chi connectivity index (χ4v) is 4.32. The van der Waals surface area contributed by atoms with Crippen LogP contribution in [0.1, 0.15) is 0 Å². The molecule has 18 nitrogen and oxygen atoms in total. The SMILES string of the molecule is CS(=O)(=O)OC[C@H](OS(C)(=O)=O)[C@H](OS(C)(=O)=O)[C@H](OS(C)(=O)=O)C(C=NNC(N)=S)=NNC(N)=S. The molecule has 0 aliphatic carbocycles. The number of hydrogen-bond acceptors (Lipinski definition) is 16. The predicted octanol–water partition coefficient (Wildman–Crippen LogP) is -3.99. The van der Waals surface area contributed by atoms with Crippen LogP contribution in [0.3, 0.4) is 0 Å². The average Bonchev–Trinajstić information content (AvgIpc) is 2.61. The topological polar surface area (TPSA) is 274 Å². The molecule has 0 radical (unpaired) electrons. The first-order valence-electron chi connectivity index (χ1n) is 8.70. The molecule has 24 heteroatoms. The van der Waals surface area contributed by atoms with E-state index in [0.29, 0.717) is 31.2 Å². The van der Waals surface area contributed by atoms with E-state index in [-0.39, 0.29) is 5.11 Å². The van der Waals surface area contributed by atoms with E-state index in [1.807, 2.05) is 0 Å². The molecule has 0 rings (SSSR count). The summed E-state index contributed by atoms with van der Waals surface area (Å²) < 4.78 is 114. The Balaban J connectivity index is 7.13.